The van der Waals surface area contributed by atoms with Gasteiger partial charge in [0.05, 0.1) is 0 Å². The van der Waals surface area contributed by atoms with E-state index in [1.165, 1.54) is 57.1 Å². The van der Waals surface area contributed by atoms with Crippen molar-refractivity contribution in [3.05, 3.63) is 0 Å². The highest BCUT2D eigenvalue weighted by Crippen LogP contribution is 2.69. The maximum Gasteiger partial charge on any atom is 0.0307 e. The standard InChI is InChI=1S/C19H32S2.C2H6/c1-13-7-9-15-16-10-8-14-6-4-5-11-17(14,2)19(16,20)12-21-18(13,15)3;1-2/h13-16,20H,4-12H2,1-3H3;1-2H3. The lowest BCUT2D eigenvalue weighted by molar-refractivity contribution is -0.0258. The highest BCUT2D eigenvalue weighted by Gasteiger charge is 2.65. The molecule has 2 heteroatoms. The SMILES string of the molecule is CC.CC1CCC2C3CCC4CCCCC4(C)C3(S)CSC12C. The first-order valence-corrected chi connectivity index (χ1v) is 11.7. The van der Waals surface area contributed by atoms with Gasteiger partial charge in [0.15, 0.2) is 0 Å². The molecule has 0 radical (unpaired) electrons. The van der Waals surface area contributed by atoms with E-state index in [4.69, 9.17) is 12.6 Å². The van der Waals surface area contributed by atoms with E-state index in [9.17, 15) is 0 Å². The Morgan fingerprint density at radius 2 is 1.61 bits per heavy atom. The van der Waals surface area contributed by atoms with E-state index >= 15 is 0 Å². The van der Waals surface area contributed by atoms with Gasteiger partial charge >= 0.3 is 0 Å². The third-order valence-corrected chi connectivity index (χ3v) is 11.7. The summed E-state index contributed by atoms with van der Waals surface area (Å²) in [5, 5.41) is 0. The first-order valence-electron chi connectivity index (χ1n) is 10.3. The van der Waals surface area contributed by atoms with Gasteiger partial charge in [-0.1, -0.05) is 40.5 Å². The molecule has 1 heterocycles. The first-order chi connectivity index (χ1) is 10.9. The van der Waals surface area contributed by atoms with Crippen LogP contribution in [0.25, 0.3) is 0 Å². The minimum Gasteiger partial charge on any atom is -0.171 e. The molecular formula is C21H38S2. The summed E-state index contributed by atoms with van der Waals surface area (Å²) in [6.45, 7) is 11.7. The number of hydrogen-bond donors (Lipinski definition) is 1. The zero-order valence-corrected chi connectivity index (χ0v) is 17.7. The molecule has 0 aromatic carbocycles. The quantitative estimate of drug-likeness (QED) is 0.465. The summed E-state index contributed by atoms with van der Waals surface area (Å²) in [4.78, 5) is 0. The fourth-order valence-corrected chi connectivity index (χ4v) is 9.54. The molecule has 0 aromatic rings. The number of fused-ring (bicyclic) bond motifs is 5. The van der Waals surface area contributed by atoms with E-state index in [1.807, 2.05) is 13.8 Å². The largest absolute Gasteiger partial charge is 0.171 e. The predicted molar refractivity (Wildman–Crippen MR) is 109 cm³/mol. The Morgan fingerprint density at radius 3 is 2.35 bits per heavy atom. The minimum atomic E-state index is 0.315. The van der Waals surface area contributed by atoms with Gasteiger partial charge in [-0.3, -0.25) is 0 Å². The molecule has 23 heavy (non-hydrogen) atoms. The van der Waals surface area contributed by atoms with Crippen molar-refractivity contribution in [2.24, 2.45) is 29.1 Å². The normalized spacial score (nSPS) is 55.0. The molecule has 3 aliphatic carbocycles. The van der Waals surface area contributed by atoms with Crippen LogP contribution in [-0.4, -0.2) is 15.2 Å². The van der Waals surface area contributed by atoms with Gasteiger partial charge in [0, 0.05) is 15.2 Å². The number of hydrogen-bond acceptors (Lipinski definition) is 2. The second kappa shape index (κ2) is 6.45. The fraction of sp³-hybridized carbons (Fsp3) is 1.00. The summed E-state index contributed by atoms with van der Waals surface area (Å²) in [6, 6.07) is 0. The second-order valence-corrected chi connectivity index (χ2v) is 11.3. The molecule has 0 N–H and O–H groups in total. The highest BCUT2D eigenvalue weighted by atomic mass is 32.2. The van der Waals surface area contributed by atoms with Crippen molar-refractivity contribution in [1.29, 1.82) is 0 Å². The summed E-state index contributed by atoms with van der Waals surface area (Å²) >= 11 is 7.82. The smallest absolute Gasteiger partial charge is 0.0307 e. The lowest BCUT2D eigenvalue weighted by atomic mass is 9.50. The number of thioether (sulfide) groups is 1. The van der Waals surface area contributed by atoms with Gasteiger partial charge in [-0.2, -0.15) is 24.4 Å². The Hall–Kier alpha value is 0.700. The van der Waals surface area contributed by atoms with Crippen LogP contribution in [0.15, 0.2) is 0 Å². The number of thiol groups is 1. The van der Waals surface area contributed by atoms with Crippen molar-refractivity contribution in [2.45, 2.75) is 95.5 Å². The van der Waals surface area contributed by atoms with Gasteiger partial charge in [-0.15, -0.1) is 0 Å². The predicted octanol–water partition coefficient (Wildman–Crippen LogP) is 6.84. The average Bonchev–Trinajstić information content (AvgIpc) is 2.86. The van der Waals surface area contributed by atoms with E-state index in [0.717, 1.165) is 23.7 Å². The molecule has 3 saturated carbocycles. The molecule has 0 amide bonds. The maximum atomic E-state index is 5.51. The summed E-state index contributed by atoms with van der Waals surface area (Å²) in [5.74, 6) is 5.00. The monoisotopic (exact) mass is 354 g/mol. The van der Waals surface area contributed by atoms with Crippen LogP contribution in [0.1, 0.15) is 86.0 Å². The van der Waals surface area contributed by atoms with Crippen LogP contribution in [-0.2, 0) is 0 Å². The maximum absolute atomic E-state index is 5.51. The Balaban J connectivity index is 0.000000753. The summed E-state index contributed by atoms with van der Waals surface area (Å²) in [6.07, 6.45) is 11.7. The van der Waals surface area contributed by atoms with Crippen LogP contribution in [0.4, 0.5) is 0 Å². The topological polar surface area (TPSA) is 0 Å². The Morgan fingerprint density at radius 1 is 0.913 bits per heavy atom. The molecule has 4 fully saturated rings. The van der Waals surface area contributed by atoms with Gasteiger partial charge < -0.3 is 0 Å². The van der Waals surface area contributed by atoms with Gasteiger partial charge in [0.1, 0.15) is 0 Å². The Bertz CT molecular complexity index is 436. The van der Waals surface area contributed by atoms with Crippen molar-refractivity contribution in [3.63, 3.8) is 0 Å². The lowest BCUT2D eigenvalue weighted by Gasteiger charge is -2.65. The van der Waals surface area contributed by atoms with E-state index < -0.39 is 0 Å². The summed E-state index contributed by atoms with van der Waals surface area (Å²) in [5.41, 5.74) is 0.511. The summed E-state index contributed by atoms with van der Waals surface area (Å²) < 4.78 is 0.865. The first kappa shape index (κ1) is 18.5. The molecule has 1 aliphatic heterocycles. The van der Waals surface area contributed by atoms with Crippen molar-refractivity contribution < 1.29 is 0 Å². The third kappa shape index (κ3) is 2.47. The number of rotatable bonds is 0. The summed E-state index contributed by atoms with van der Waals surface area (Å²) in [7, 11) is 0. The van der Waals surface area contributed by atoms with Crippen molar-refractivity contribution in [1.82, 2.24) is 0 Å². The molecule has 0 nitrogen and oxygen atoms in total. The average molecular weight is 355 g/mol. The third-order valence-electron chi connectivity index (χ3n) is 8.54. The molecule has 7 unspecified atom stereocenters. The van der Waals surface area contributed by atoms with Crippen LogP contribution in [0.2, 0.25) is 0 Å². The van der Waals surface area contributed by atoms with Crippen LogP contribution >= 0.6 is 24.4 Å². The van der Waals surface area contributed by atoms with Crippen molar-refractivity contribution >= 4 is 24.4 Å². The fourth-order valence-electron chi connectivity index (χ4n) is 6.77. The van der Waals surface area contributed by atoms with Crippen molar-refractivity contribution in [3.8, 4) is 0 Å². The van der Waals surface area contributed by atoms with Crippen LogP contribution in [0, 0.1) is 29.1 Å². The van der Waals surface area contributed by atoms with E-state index in [-0.39, 0.29) is 0 Å². The zero-order valence-electron chi connectivity index (χ0n) is 16.0. The van der Waals surface area contributed by atoms with Crippen molar-refractivity contribution in [2.75, 3.05) is 5.75 Å². The van der Waals surface area contributed by atoms with Gasteiger partial charge in [0.2, 0.25) is 0 Å². The molecule has 1 saturated heterocycles. The molecule has 0 aromatic heterocycles. The molecule has 7 atom stereocenters. The Labute approximate surface area is 154 Å². The molecule has 4 rings (SSSR count). The minimum absolute atomic E-state index is 0.315. The van der Waals surface area contributed by atoms with E-state index in [2.05, 4.69) is 32.5 Å². The van der Waals surface area contributed by atoms with Gasteiger partial charge in [-0.05, 0) is 74.5 Å². The molecule has 134 valence electrons. The van der Waals surface area contributed by atoms with E-state index in [1.54, 1.807) is 0 Å². The second-order valence-electron chi connectivity index (χ2n) is 9.03. The molecular weight excluding hydrogens is 316 g/mol. The van der Waals surface area contributed by atoms with Crippen LogP contribution in [0.3, 0.4) is 0 Å². The molecule has 4 aliphatic rings. The van der Waals surface area contributed by atoms with Crippen LogP contribution < -0.4 is 0 Å². The highest BCUT2D eigenvalue weighted by molar-refractivity contribution is 8.01. The van der Waals surface area contributed by atoms with Gasteiger partial charge in [0.25, 0.3) is 0 Å². The van der Waals surface area contributed by atoms with E-state index in [0.29, 0.717) is 14.9 Å². The Kier molecular flexibility index (Phi) is 5.19. The van der Waals surface area contributed by atoms with Crippen LogP contribution in [0.5, 0.6) is 0 Å². The molecule has 0 bridgehead atoms. The van der Waals surface area contributed by atoms with Gasteiger partial charge in [-0.25, -0.2) is 0 Å². The zero-order chi connectivity index (χ0) is 16.9. The lowest BCUT2D eigenvalue weighted by Crippen LogP contribution is -2.64. The molecule has 0 spiro atoms.